The Hall–Kier alpha value is -1.39. The van der Waals surface area contributed by atoms with E-state index in [1.807, 2.05) is 4.90 Å². The Kier molecular flexibility index (Phi) is 2.47. The lowest BCUT2D eigenvalue weighted by Gasteiger charge is -2.27. The van der Waals surface area contributed by atoms with Crippen LogP contribution in [-0.2, 0) is 0 Å². The molecule has 0 aromatic carbocycles. The van der Waals surface area contributed by atoms with Gasteiger partial charge in [0.2, 0.25) is 0 Å². The number of piperidine rings is 1. The molecule has 5 heteroatoms. The number of halogens is 1. The Bertz CT molecular complexity index is 371. The van der Waals surface area contributed by atoms with E-state index in [1.165, 1.54) is 6.42 Å². The van der Waals surface area contributed by atoms with Crippen LogP contribution in [0.1, 0.15) is 19.3 Å². The van der Waals surface area contributed by atoms with Gasteiger partial charge in [-0.25, -0.2) is 9.18 Å². The van der Waals surface area contributed by atoms with Crippen LogP contribution in [0.15, 0.2) is 11.0 Å². The summed E-state index contributed by atoms with van der Waals surface area (Å²) in [6.45, 7) is 1.60. The Morgan fingerprint density at radius 1 is 1.36 bits per heavy atom. The topological polar surface area (TPSA) is 49.0 Å². The first kappa shape index (κ1) is 9.18. The van der Waals surface area contributed by atoms with Gasteiger partial charge in [0.15, 0.2) is 5.82 Å². The van der Waals surface area contributed by atoms with E-state index in [0.717, 1.165) is 32.1 Å². The molecule has 0 spiro atoms. The fourth-order valence-electron chi connectivity index (χ4n) is 1.72. The van der Waals surface area contributed by atoms with E-state index in [0.29, 0.717) is 0 Å². The maximum absolute atomic E-state index is 13.3. The number of aromatic nitrogens is 2. The summed E-state index contributed by atoms with van der Waals surface area (Å²) in [7, 11) is 0. The second-order valence-electron chi connectivity index (χ2n) is 3.43. The molecule has 1 aliphatic rings. The van der Waals surface area contributed by atoms with Gasteiger partial charge in [-0.1, -0.05) is 0 Å². The maximum Gasteiger partial charge on any atom is 0.346 e. The predicted octanol–water partition coefficient (Wildman–Crippen LogP) is 0.899. The third-order valence-electron chi connectivity index (χ3n) is 2.42. The van der Waals surface area contributed by atoms with E-state index in [9.17, 15) is 9.18 Å². The van der Waals surface area contributed by atoms with Gasteiger partial charge in [0.1, 0.15) is 5.82 Å². The summed E-state index contributed by atoms with van der Waals surface area (Å²) in [5.74, 6) is -0.170. The minimum Gasteiger partial charge on any atom is -0.356 e. The number of rotatable bonds is 1. The van der Waals surface area contributed by atoms with Crippen molar-refractivity contribution in [3.8, 4) is 0 Å². The average molecular weight is 197 g/mol. The first-order valence-corrected chi connectivity index (χ1v) is 4.77. The molecule has 1 aromatic rings. The molecular formula is C9H12FN3O. The van der Waals surface area contributed by atoms with Gasteiger partial charge in [0, 0.05) is 13.1 Å². The highest BCUT2D eigenvalue weighted by molar-refractivity contribution is 5.38. The van der Waals surface area contributed by atoms with Gasteiger partial charge in [-0.2, -0.15) is 4.98 Å². The lowest BCUT2D eigenvalue weighted by atomic mass is 10.1. The monoisotopic (exact) mass is 197 g/mol. The summed E-state index contributed by atoms with van der Waals surface area (Å²) in [6, 6.07) is 0. The van der Waals surface area contributed by atoms with Gasteiger partial charge in [-0.15, -0.1) is 0 Å². The first-order valence-electron chi connectivity index (χ1n) is 4.77. The van der Waals surface area contributed by atoms with Crippen molar-refractivity contribution < 1.29 is 4.39 Å². The van der Waals surface area contributed by atoms with Gasteiger partial charge in [-0.3, -0.25) is 4.98 Å². The Balaban J connectivity index is 2.29. The zero-order valence-electron chi connectivity index (χ0n) is 7.79. The number of anilines is 1. The number of hydrogen-bond donors (Lipinski definition) is 1. The third kappa shape index (κ3) is 1.76. The van der Waals surface area contributed by atoms with Crippen LogP contribution in [0.2, 0.25) is 0 Å². The molecule has 0 bridgehead atoms. The molecule has 0 aliphatic carbocycles. The van der Waals surface area contributed by atoms with Crippen molar-refractivity contribution in [2.24, 2.45) is 0 Å². The predicted molar refractivity (Wildman–Crippen MR) is 50.9 cm³/mol. The Morgan fingerprint density at radius 2 is 2.07 bits per heavy atom. The standard InChI is InChI=1S/C9H12FN3O/c10-7-6-11-9(14)12-8(7)13-4-2-1-3-5-13/h6H,1-5H2,(H,11,12,14). The molecule has 2 heterocycles. The molecule has 0 atom stereocenters. The van der Waals surface area contributed by atoms with Gasteiger partial charge in [0.05, 0.1) is 6.20 Å². The summed E-state index contributed by atoms with van der Waals surface area (Å²) in [5.41, 5.74) is -0.494. The number of nitrogens with one attached hydrogen (secondary N) is 1. The maximum atomic E-state index is 13.3. The molecule has 4 nitrogen and oxygen atoms in total. The molecule has 1 N–H and O–H groups in total. The van der Waals surface area contributed by atoms with Crippen LogP contribution in [0, 0.1) is 5.82 Å². The average Bonchev–Trinajstić information content (AvgIpc) is 2.23. The fraction of sp³-hybridized carbons (Fsp3) is 0.556. The van der Waals surface area contributed by atoms with Crippen LogP contribution in [0.3, 0.4) is 0 Å². The quantitative estimate of drug-likeness (QED) is 0.727. The molecule has 0 amide bonds. The minimum atomic E-state index is -0.494. The van der Waals surface area contributed by atoms with Crippen molar-refractivity contribution in [3.63, 3.8) is 0 Å². The van der Waals surface area contributed by atoms with Crippen molar-refractivity contribution in [1.29, 1.82) is 0 Å². The van der Waals surface area contributed by atoms with Crippen molar-refractivity contribution >= 4 is 5.82 Å². The highest BCUT2D eigenvalue weighted by atomic mass is 19.1. The van der Waals surface area contributed by atoms with E-state index in [1.54, 1.807) is 0 Å². The number of H-pyrrole nitrogens is 1. The molecule has 76 valence electrons. The van der Waals surface area contributed by atoms with E-state index in [-0.39, 0.29) is 5.82 Å². The second-order valence-corrected chi connectivity index (χ2v) is 3.43. The Morgan fingerprint density at radius 3 is 2.79 bits per heavy atom. The first-order chi connectivity index (χ1) is 6.77. The molecule has 0 unspecified atom stereocenters. The third-order valence-corrected chi connectivity index (χ3v) is 2.42. The normalized spacial score (nSPS) is 17.1. The SMILES string of the molecule is O=c1ncc(F)c(N2CCCCC2)[nH]1. The molecule has 0 radical (unpaired) electrons. The summed E-state index contributed by atoms with van der Waals surface area (Å²) in [4.78, 5) is 18.5. The zero-order chi connectivity index (χ0) is 9.97. The molecule has 1 aliphatic heterocycles. The van der Waals surface area contributed by atoms with Gasteiger partial charge in [0.25, 0.3) is 0 Å². The summed E-state index contributed by atoms with van der Waals surface area (Å²) in [5, 5.41) is 0. The van der Waals surface area contributed by atoms with Crippen molar-refractivity contribution in [2.45, 2.75) is 19.3 Å². The van der Waals surface area contributed by atoms with E-state index in [2.05, 4.69) is 9.97 Å². The number of nitrogens with zero attached hydrogens (tertiary/aromatic N) is 2. The molecule has 2 rings (SSSR count). The van der Waals surface area contributed by atoms with Crippen LogP contribution in [-0.4, -0.2) is 23.1 Å². The van der Waals surface area contributed by atoms with Crippen LogP contribution < -0.4 is 10.6 Å². The molecule has 1 fully saturated rings. The van der Waals surface area contributed by atoms with Gasteiger partial charge < -0.3 is 4.90 Å². The van der Waals surface area contributed by atoms with Gasteiger partial charge >= 0.3 is 5.69 Å². The number of aromatic amines is 1. The molecule has 0 saturated carbocycles. The van der Waals surface area contributed by atoms with E-state index in [4.69, 9.17) is 0 Å². The summed E-state index contributed by atoms with van der Waals surface area (Å²) < 4.78 is 13.3. The smallest absolute Gasteiger partial charge is 0.346 e. The summed E-state index contributed by atoms with van der Waals surface area (Å²) in [6.07, 6.45) is 4.24. The van der Waals surface area contributed by atoms with Crippen LogP contribution in [0.25, 0.3) is 0 Å². The Labute approximate surface area is 80.8 Å². The molecule has 1 saturated heterocycles. The lowest BCUT2D eigenvalue weighted by molar-refractivity contribution is 0.545. The van der Waals surface area contributed by atoms with Crippen molar-refractivity contribution in [3.05, 3.63) is 22.5 Å². The fourth-order valence-corrected chi connectivity index (χ4v) is 1.72. The number of hydrogen-bond acceptors (Lipinski definition) is 3. The molecular weight excluding hydrogens is 185 g/mol. The summed E-state index contributed by atoms with van der Waals surface area (Å²) >= 11 is 0. The van der Waals surface area contributed by atoms with Crippen LogP contribution in [0.5, 0.6) is 0 Å². The highest BCUT2D eigenvalue weighted by Gasteiger charge is 2.15. The molecule has 14 heavy (non-hydrogen) atoms. The van der Waals surface area contributed by atoms with Crippen molar-refractivity contribution in [1.82, 2.24) is 9.97 Å². The highest BCUT2D eigenvalue weighted by Crippen LogP contribution is 2.18. The molecule has 1 aromatic heterocycles. The van der Waals surface area contributed by atoms with E-state index < -0.39 is 11.5 Å². The van der Waals surface area contributed by atoms with Gasteiger partial charge in [-0.05, 0) is 19.3 Å². The van der Waals surface area contributed by atoms with Crippen LogP contribution >= 0.6 is 0 Å². The lowest BCUT2D eigenvalue weighted by Crippen LogP contribution is -2.32. The zero-order valence-corrected chi connectivity index (χ0v) is 7.79. The van der Waals surface area contributed by atoms with Crippen LogP contribution in [0.4, 0.5) is 10.2 Å². The largest absolute Gasteiger partial charge is 0.356 e. The minimum absolute atomic E-state index is 0.282. The van der Waals surface area contributed by atoms with Crippen molar-refractivity contribution in [2.75, 3.05) is 18.0 Å². The van der Waals surface area contributed by atoms with E-state index >= 15 is 0 Å². The second kappa shape index (κ2) is 3.77.